The number of hydrogen-bond donors (Lipinski definition) is 3. The molecule has 3 N–H and O–H groups in total. The third-order valence-corrected chi connectivity index (χ3v) is 5.78. The predicted octanol–water partition coefficient (Wildman–Crippen LogP) is 0.0319. The molecule has 0 bridgehead atoms. The molecule has 1 atom stereocenters. The van der Waals surface area contributed by atoms with Crippen molar-refractivity contribution in [1.82, 2.24) is 10.2 Å². The zero-order chi connectivity index (χ0) is 22.9. The van der Waals surface area contributed by atoms with Crippen molar-refractivity contribution in [2.75, 3.05) is 45.0 Å². The number of hydrogen-bond acceptors (Lipinski definition) is 7. The van der Waals surface area contributed by atoms with Crippen LogP contribution in [-0.2, 0) is 19.4 Å². The number of amides is 2. The Morgan fingerprint density at radius 3 is 2.33 bits per heavy atom. The maximum Gasteiger partial charge on any atom is 0.249 e. The minimum Gasteiger partial charge on any atom is -0.492 e. The van der Waals surface area contributed by atoms with Crippen LogP contribution in [0, 0.1) is 5.41 Å². The highest BCUT2D eigenvalue weighted by molar-refractivity contribution is 7.90. The lowest BCUT2D eigenvalue weighted by Gasteiger charge is -2.28. The summed E-state index contributed by atoms with van der Waals surface area (Å²) in [4.78, 5) is 25.6. The van der Waals surface area contributed by atoms with Gasteiger partial charge in [-0.15, -0.1) is 11.6 Å². The number of sulfone groups is 1. The van der Waals surface area contributed by atoms with Gasteiger partial charge in [-0.05, 0) is 24.3 Å². The van der Waals surface area contributed by atoms with Crippen molar-refractivity contribution >= 4 is 33.3 Å². The smallest absolute Gasteiger partial charge is 0.249 e. The Kier molecular flexibility index (Phi) is 10.0. The fourth-order valence-corrected chi connectivity index (χ4v) is 3.15. The molecule has 1 unspecified atom stereocenters. The van der Waals surface area contributed by atoms with Gasteiger partial charge in [-0.25, -0.2) is 8.42 Å². The number of rotatable bonds is 12. The molecule has 11 heteroatoms. The van der Waals surface area contributed by atoms with Gasteiger partial charge in [0.25, 0.3) is 0 Å². The van der Waals surface area contributed by atoms with Gasteiger partial charge < -0.3 is 25.2 Å². The first-order valence-corrected chi connectivity index (χ1v) is 11.7. The first kappa shape index (κ1) is 26.2. The van der Waals surface area contributed by atoms with Crippen LogP contribution < -0.4 is 10.1 Å². The molecule has 0 saturated carbocycles. The predicted molar refractivity (Wildman–Crippen MR) is 112 cm³/mol. The van der Waals surface area contributed by atoms with Crippen LogP contribution in [0.4, 0.5) is 0 Å². The maximum absolute atomic E-state index is 12.0. The second-order valence-electron chi connectivity index (χ2n) is 7.45. The first-order valence-electron chi connectivity index (χ1n) is 9.25. The summed E-state index contributed by atoms with van der Waals surface area (Å²) in [6, 6.07) is 5.91. The van der Waals surface area contributed by atoms with E-state index in [0.717, 1.165) is 6.26 Å². The second kappa shape index (κ2) is 11.5. The molecule has 2 amide bonds. The van der Waals surface area contributed by atoms with Crippen LogP contribution >= 0.6 is 11.6 Å². The van der Waals surface area contributed by atoms with E-state index in [9.17, 15) is 28.2 Å². The Bertz CT molecular complexity index is 813. The molecule has 0 radical (unpaired) electrons. The van der Waals surface area contributed by atoms with Crippen molar-refractivity contribution in [2.45, 2.75) is 24.8 Å². The number of carbonyl (C=O) groups is 2. The van der Waals surface area contributed by atoms with E-state index < -0.39 is 27.3 Å². The molecule has 0 saturated heterocycles. The van der Waals surface area contributed by atoms with Gasteiger partial charge in [-0.2, -0.15) is 0 Å². The summed E-state index contributed by atoms with van der Waals surface area (Å²) in [6.07, 6.45) is -0.279. The number of aliphatic hydroxyl groups excluding tert-OH is 2. The summed E-state index contributed by atoms with van der Waals surface area (Å²) in [5, 5.41) is 21.7. The summed E-state index contributed by atoms with van der Waals surface area (Å²) in [5.41, 5.74) is -0.990. The molecule has 0 aliphatic carbocycles. The fourth-order valence-electron chi connectivity index (χ4n) is 2.35. The monoisotopic (exact) mass is 464 g/mol. The molecule has 0 aromatic heterocycles. The van der Waals surface area contributed by atoms with Crippen LogP contribution in [0.25, 0.3) is 0 Å². The van der Waals surface area contributed by atoms with Crippen LogP contribution in [0.5, 0.6) is 5.75 Å². The van der Waals surface area contributed by atoms with Crippen molar-refractivity contribution in [3.05, 3.63) is 24.3 Å². The Morgan fingerprint density at radius 1 is 1.23 bits per heavy atom. The molecule has 0 aliphatic rings. The molecule has 1 rings (SSSR count). The molecule has 0 spiro atoms. The zero-order valence-corrected chi connectivity index (χ0v) is 18.9. The van der Waals surface area contributed by atoms with E-state index in [4.69, 9.17) is 16.3 Å². The summed E-state index contributed by atoms with van der Waals surface area (Å²) < 4.78 is 28.5. The van der Waals surface area contributed by atoms with E-state index in [1.165, 1.54) is 29.2 Å². The highest BCUT2D eigenvalue weighted by atomic mass is 35.5. The van der Waals surface area contributed by atoms with Crippen LogP contribution in [0.1, 0.15) is 13.8 Å². The topological polar surface area (TPSA) is 133 Å². The number of benzene rings is 1. The molecular formula is C19H29ClN2O7S. The third kappa shape index (κ3) is 8.10. The van der Waals surface area contributed by atoms with Gasteiger partial charge >= 0.3 is 0 Å². The lowest BCUT2D eigenvalue weighted by Crippen LogP contribution is -2.48. The number of alkyl halides is 1. The molecule has 0 heterocycles. The Hall–Kier alpha value is -1.88. The molecule has 0 aliphatic heterocycles. The van der Waals surface area contributed by atoms with E-state index in [1.54, 1.807) is 13.8 Å². The number of aliphatic hydroxyl groups is 2. The van der Waals surface area contributed by atoms with Crippen molar-refractivity contribution in [2.24, 2.45) is 5.41 Å². The minimum atomic E-state index is -3.29. The van der Waals surface area contributed by atoms with E-state index in [2.05, 4.69) is 5.32 Å². The van der Waals surface area contributed by atoms with Crippen molar-refractivity contribution in [3.8, 4) is 5.75 Å². The van der Waals surface area contributed by atoms with Gasteiger partial charge in [0.1, 0.15) is 24.3 Å². The maximum atomic E-state index is 12.0. The van der Waals surface area contributed by atoms with Gasteiger partial charge in [0.2, 0.25) is 11.8 Å². The molecule has 9 nitrogen and oxygen atoms in total. The Labute approximate surface area is 181 Å². The van der Waals surface area contributed by atoms with E-state index >= 15 is 0 Å². The number of nitrogens with zero attached hydrogens (tertiary/aromatic N) is 1. The zero-order valence-electron chi connectivity index (χ0n) is 17.3. The summed E-state index contributed by atoms with van der Waals surface area (Å²) >= 11 is 5.63. The quantitative estimate of drug-likeness (QED) is 0.371. The lowest BCUT2D eigenvalue weighted by molar-refractivity contribution is -0.137. The van der Waals surface area contributed by atoms with Gasteiger partial charge in [-0.1, -0.05) is 13.8 Å². The van der Waals surface area contributed by atoms with E-state index in [1.807, 2.05) is 0 Å². The number of halogens is 1. The van der Waals surface area contributed by atoms with E-state index in [-0.39, 0.29) is 49.5 Å². The highest BCUT2D eigenvalue weighted by Crippen LogP contribution is 2.19. The number of ether oxygens (including phenoxy) is 1. The SMILES string of the molecule is CC(C)(CO)C(O)C(=O)NCCN(CCOc1ccc(S(C)(=O)=O)cc1)C(=O)CCl. The van der Waals surface area contributed by atoms with E-state index in [0.29, 0.717) is 5.75 Å². The molecule has 170 valence electrons. The summed E-state index contributed by atoms with van der Waals surface area (Å²) in [7, 11) is -3.29. The summed E-state index contributed by atoms with van der Waals surface area (Å²) in [6.45, 7) is 3.32. The highest BCUT2D eigenvalue weighted by Gasteiger charge is 2.32. The molecule has 1 aromatic carbocycles. The van der Waals surface area contributed by atoms with Gasteiger partial charge in [0.15, 0.2) is 9.84 Å². The Balaban J connectivity index is 2.55. The standard InChI is InChI=1S/C19H29ClN2O7S/c1-19(2,13-23)17(25)18(26)21-8-9-22(16(24)12-20)10-11-29-14-4-6-15(7-5-14)30(3,27)28/h4-7,17,23,25H,8-13H2,1-3H3,(H,21,26). The average Bonchev–Trinajstić information content (AvgIpc) is 2.70. The van der Waals surface area contributed by atoms with Gasteiger partial charge in [-0.3, -0.25) is 9.59 Å². The first-order chi connectivity index (χ1) is 13.9. The number of nitrogens with one attached hydrogen (secondary N) is 1. The molecule has 30 heavy (non-hydrogen) atoms. The molecule has 1 aromatic rings. The van der Waals surface area contributed by atoms with Crippen LogP contribution in [0.3, 0.4) is 0 Å². The lowest BCUT2D eigenvalue weighted by atomic mass is 9.87. The minimum absolute atomic E-state index is 0.0864. The molecule has 0 fully saturated rings. The second-order valence-corrected chi connectivity index (χ2v) is 9.73. The Morgan fingerprint density at radius 2 is 1.83 bits per heavy atom. The molecular weight excluding hydrogens is 436 g/mol. The van der Waals surface area contributed by atoms with Crippen molar-refractivity contribution < 1.29 is 33.0 Å². The fraction of sp³-hybridized carbons (Fsp3) is 0.579. The average molecular weight is 465 g/mol. The van der Waals surface area contributed by atoms with Gasteiger partial charge in [0, 0.05) is 24.8 Å². The van der Waals surface area contributed by atoms with Gasteiger partial charge in [0.05, 0.1) is 18.0 Å². The van der Waals surface area contributed by atoms with Crippen molar-refractivity contribution in [3.63, 3.8) is 0 Å². The van der Waals surface area contributed by atoms with Crippen molar-refractivity contribution in [1.29, 1.82) is 0 Å². The third-order valence-electron chi connectivity index (χ3n) is 4.43. The normalized spacial score (nSPS) is 12.9. The largest absolute Gasteiger partial charge is 0.492 e. The summed E-state index contributed by atoms with van der Waals surface area (Å²) in [5.74, 6) is -0.784. The van der Waals surface area contributed by atoms with Crippen LogP contribution in [0.2, 0.25) is 0 Å². The van der Waals surface area contributed by atoms with Crippen LogP contribution in [-0.4, -0.2) is 86.4 Å². The number of carbonyl (C=O) groups excluding carboxylic acids is 2. The van der Waals surface area contributed by atoms with Crippen LogP contribution in [0.15, 0.2) is 29.2 Å².